The number of ether oxygens (including phenoxy) is 2. The third kappa shape index (κ3) is 3.59. The zero-order valence-electron chi connectivity index (χ0n) is 15.4. The molecule has 2 heterocycles. The molecule has 2 aromatic carbocycles. The van der Waals surface area contributed by atoms with Crippen LogP contribution in [0.3, 0.4) is 0 Å². The maximum absolute atomic E-state index is 12.8. The van der Waals surface area contributed by atoms with E-state index < -0.39 is 12.2 Å². The minimum atomic E-state index is -0.782. The Morgan fingerprint density at radius 2 is 1.82 bits per heavy atom. The van der Waals surface area contributed by atoms with E-state index in [1.807, 2.05) is 18.2 Å². The molecule has 0 spiro atoms. The Bertz CT molecular complexity index is 1090. The first-order valence-electron chi connectivity index (χ1n) is 8.91. The number of nitrogens with zero attached hydrogens (tertiary/aromatic N) is 1. The molecule has 1 aliphatic rings. The molecule has 0 saturated carbocycles. The predicted octanol–water partition coefficient (Wildman–Crippen LogP) is 2.91. The highest BCUT2D eigenvalue weighted by Crippen LogP contribution is 2.33. The van der Waals surface area contributed by atoms with Crippen molar-refractivity contribution in [2.45, 2.75) is 26.1 Å². The molecule has 4 rings (SSSR count). The standard InChI is InChI=1S/C21H19N3O4/c1-12-10-18(25)24-20(22-12)14-6-5-7-15(11-14)23-21(26)19-13(2)27-16-8-3-4-9-17(16)28-19/h3-11,13,19H,1-2H3,(H,23,26)(H,22,24,25)/t13-,19-/m1/s1. The van der Waals surface area contributed by atoms with E-state index in [-0.39, 0.29) is 11.5 Å². The van der Waals surface area contributed by atoms with E-state index in [0.29, 0.717) is 34.3 Å². The maximum Gasteiger partial charge on any atom is 0.269 e. The number of rotatable bonds is 3. The lowest BCUT2D eigenvalue weighted by molar-refractivity contribution is -0.128. The number of carbonyl (C=O) groups is 1. The summed E-state index contributed by atoms with van der Waals surface area (Å²) >= 11 is 0. The summed E-state index contributed by atoms with van der Waals surface area (Å²) in [6.45, 7) is 3.54. The molecule has 142 valence electrons. The van der Waals surface area contributed by atoms with Gasteiger partial charge in [0.2, 0.25) is 6.10 Å². The van der Waals surface area contributed by atoms with Crippen molar-refractivity contribution in [2.24, 2.45) is 0 Å². The van der Waals surface area contributed by atoms with Gasteiger partial charge in [-0.15, -0.1) is 0 Å². The van der Waals surface area contributed by atoms with Crippen LogP contribution in [0.15, 0.2) is 59.4 Å². The van der Waals surface area contributed by atoms with Crippen molar-refractivity contribution in [1.29, 1.82) is 0 Å². The van der Waals surface area contributed by atoms with Gasteiger partial charge in [-0.1, -0.05) is 24.3 Å². The van der Waals surface area contributed by atoms with Gasteiger partial charge in [-0.2, -0.15) is 0 Å². The number of anilines is 1. The normalized spacial score (nSPS) is 17.8. The zero-order chi connectivity index (χ0) is 19.7. The van der Waals surface area contributed by atoms with Crippen LogP contribution < -0.4 is 20.3 Å². The smallest absolute Gasteiger partial charge is 0.269 e. The number of H-pyrrole nitrogens is 1. The van der Waals surface area contributed by atoms with Crippen LogP contribution in [0.2, 0.25) is 0 Å². The van der Waals surface area contributed by atoms with E-state index >= 15 is 0 Å². The molecule has 0 unspecified atom stereocenters. The van der Waals surface area contributed by atoms with Crippen molar-refractivity contribution in [1.82, 2.24) is 9.97 Å². The molecule has 28 heavy (non-hydrogen) atoms. The predicted molar refractivity (Wildman–Crippen MR) is 105 cm³/mol. The monoisotopic (exact) mass is 377 g/mol. The number of hydrogen-bond donors (Lipinski definition) is 2. The molecule has 3 aromatic rings. The van der Waals surface area contributed by atoms with Crippen LogP contribution in [0.4, 0.5) is 5.69 Å². The van der Waals surface area contributed by atoms with Gasteiger partial charge < -0.3 is 19.8 Å². The van der Waals surface area contributed by atoms with Gasteiger partial charge >= 0.3 is 0 Å². The van der Waals surface area contributed by atoms with E-state index in [4.69, 9.17) is 9.47 Å². The second-order valence-electron chi connectivity index (χ2n) is 6.61. The topological polar surface area (TPSA) is 93.3 Å². The summed E-state index contributed by atoms with van der Waals surface area (Å²) in [7, 11) is 0. The summed E-state index contributed by atoms with van der Waals surface area (Å²) in [5.41, 5.74) is 1.66. The summed E-state index contributed by atoms with van der Waals surface area (Å²) in [5, 5.41) is 2.85. The van der Waals surface area contributed by atoms with Crippen molar-refractivity contribution >= 4 is 11.6 Å². The number of benzene rings is 2. The van der Waals surface area contributed by atoms with Gasteiger partial charge in [-0.05, 0) is 38.1 Å². The van der Waals surface area contributed by atoms with Gasteiger partial charge in [0.15, 0.2) is 11.5 Å². The number of nitrogens with one attached hydrogen (secondary N) is 2. The quantitative estimate of drug-likeness (QED) is 0.732. The second-order valence-corrected chi connectivity index (χ2v) is 6.61. The van der Waals surface area contributed by atoms with Crippen LogP contribution in [0.5, 0.6) is 11.5 Å². The summed E-state index contributed by atoms with van der Waals surface area (Å²) in [4.78, 5) is 31.5. The first kappa shape index (κ1) is 17.8. The third-order valence-corrected chi connectivity index (χ3v) is 4.37. The van der Waals surface area contributed by atoms with Crippen LogP contribution >= 0.6 is 0 Å². The molecule has 0 aliphatic carbocycles. The number of para-hydroxylation sites is 2. The van der Waals surface area contributed by atoms with Crippen molar-refractivity contribution in [2.75, 3.05) is 5.32 Å². The van der Waals surface area contributed by atoms with Crippen LogP contribution in [0.25, 0.3) is 11.4 Å². The highest BCUT2D eigenvalue weighted by atomic mass is 16.6. The van der Waals surface area contributed by atoms with Gasteiger partial charge in [0, 0.05) is 23.0 Å². The van der Waals surface area contributed by atoms with E-state index in [0.717, 1.165) is 0 Å². The number of amides is 1. The number of aromatic amines is 1. The Morgan fingerprint density at radius 1 is 1.07 bits per heavy atom. The molecule has 0 saturated heterocycles. The molecule has 7 heteroatoms. The Hall–Kier alpha value is -3.61. The van der Waals surface area contributed by atoms with E-state index in [1.54, 1.807) is 44.2 Å². The Kier molecular flexibility index (Phi) is 4.57. The van der Waals surface area contributed by atoms with Gasteiger partial charge in [0.25, 0.3) is 11.5 Å². The second kappa shape index (κ2) is 7.19. The number of aromatic nitrogens is 2. The van der Waals surface area contributed by atoms with Crippen molar-refractivity contribution < 1.29 is 14.3 Å². The summed E-state index contributed by atoms with van der Waals surface area (Å²) < 4.78 is 11.6. The van der Waals surface area contributed by atoms with Gasteiger partial charge in [-0.3, -0.25) is 9.59 Å². The van der Waals surface area contributed by atoms with E-state index in [2.05, 4.69) is 15.3 Å². The van der Waals surface area contributed by atoms with Crippen LogP contribution in [-0.4, -0.2) is 28.1 Å². The number of fused-ring (bicyclic) bond motifs is 1. The lowest BCUT2D eigenvalue weighted by Gasteiger charge is -2.31. The molecule has 1 aromatic heterocycles. The molecule has 0 radical (unpaired) electrons. The molecule has 0 fully saturated rings. The minimum absolute atomic E-state index is 0.225. The van der Waals surface area contributed by atoms with Crippen LogP contribution in [-0.2, 0) is 4.79 Å². The average molecular weight is 377 g/mol. The molecule has 1 amide bonds. The lowest BCUT2D eigenvalue weighted by atomic mass is 10.1. The first-order valence-corrected chi connectivity index (χ1v) is 8.91. The van der Waals surface area contributed by atoms with Gasteiger partial charge in [0.05, 0.1) is 0 Å². The number of carbonyl (C=O) groups excluding carboxylic acids is 1. The molecule has 2 atom stereocenters. The van der Waals surface area contributed by atoms with Gasteiger partial charge in [0.1, 0.15) is 11.9 Å². The maximum atomic E-state index is 12.8. The van der Waals surface area contributed by atoms with Crippen molar-refractivity contribution in [3.8, 4) is 22.9 Å². The SMILES string of the molecule is Cc1cc(=O)[nH]c(-c2cccc(NC(=O)[C@@H]3Oc4ccccc4O[C@@H]3C)c2)n1. The van der Waals surface area contributed by atoms with Crippen molar-refractivity contribution in [3.63, 3.8) is 0 Å². The average Bonchev–Trinajstić information content (AvgIpc) is 2.67. The van der Waals surface area contributed by atoms with E-state index in [9.17, 15) is 9.59 Å². The molecular formula is C21H19N3O4. The molecule has 7 nitrogen and oxygen atoms in total. The zero-order valence-corrected chi connectivity index (χ0v) is 15.4. The molecule has 2 N–H and O–H groups in total. The van der Waals surface area contributed by atoms with Crippen molar-refractivity contribution in [3.05, 3.63) is 70.6 Å². The van der Waals surface area contributed by atoms with E-state index in [1.165, 1.54) is 6.07 Å². The lowest BCUT2D eigenvalue weighted by Crippen LogP contribution is -2.46. The Labute approximate surface area is 161 Å². The van der Waals surface area contributed by atoms with Crippen LogP contribution in [0, 0.1) is 6.92 Å². The van der Waals surface area contributed by atoms with Crippen LogP contribution in [0.1, 0.15) is 12.6 Å². The molecule has 0 bridgehead atoms. The largest absolute Gasteiger partial charge is 0.482 e. The molecule has 1 aliphatic heterocycles. The first-order chi connectivity index (χ1) is 13.5. The summed E-state index contributed by atoms with van der Waals surface area (Å²) in [6, 6.07) is 15.8. The fraction of sp³-hybridized carbons (Fsp3) is 0.190. The molecular weight excluding hydrogens is 358 g/mol. The Balaban J connectivity index is 1.55. The minimum Gasteiger partial charge on any atom is -0.482 e. The highest BCUT2D eigenvalue weighted by Gasteiger charge is 2.34. The third-order valence-electron chi connectivity index (χ3n) is 4.37. The number of hydrogen-bond acceptors (Lipinski definition) is 5. The summed E-state index contributed by atoms with van der Waals surface area (Å²) in [6.07, 6.45) is -1.22. The highest BCUT2D eigenvalue weighted by molar-refractivity contribution is 5.95. The van der Waals surface area contributed by atoms with Gasteiger partial charge in [-0.25, -0.2) is 4.98 Å². The summed E-state index contributed by atoms with van der Waals surface area (Å²) in [5.74, 6) is 1.29. The fourth-order valence-electron chi connectivity index (χ4n) is 3.08. The Morgan fingerprint density at radius 3 is 2.57 bits per heavy atom. The fourth-order valence-corrected chi connectivity index (χ4v) is 3.08. The number of aryl methyl sites for hydroxylation is 1.